The second-order valence-electron chi connectivity index (χ2n) is 10.7. The maximum absolute atomic E-state index is 11.3. The Labute approximate surface area is 219 Å². The van der Waals surface area contributed by atoms with Crippen molar-refractivity contribution in [2.24, 2.45) is 0 Å². The number of anilines is 1. The topological polar surface area (TPSA) is 56.2 Å². The normalized spacial score (nSPS) is 18.6. The number of aliphatic hydroxyl groups is 2. The van der Waals surface area contributed by atoms with Crippen LogP contribution in [0.4, 0.5) is 5.69 Å². The molecule has 3 aromatic carbocycles. The van der Waals surface area contributed by atoms with E-state index in [0.717, 1.165) is 30.9 Å². The molecule has 2 N–H and O–H groups in total. The zero-order valence-corrected chi connectivity index (χ0v) is 22.4. The highest BCUT2D eigenvalue weighted by Crippen LogP contribution is 2.38. The monoisotopic (exact) mass is 508 g/mol. The van der Waals surface area contributed by atoms with E-state index < -0.39 is 11.2 Å². The molecule has 0 aromatic heterocycles. The standard InChI is InChI=1S/C30H37ClN2O3/c1-22-10-12-24(13-11-22)30(4,35)20-32-16-17-33(28(19-32)23-8-6-5-7-9-23)27-15-14-25(18-26(27)31)36-21-29(2,3)34/h5-15,18,28,34-35H,16-17,19-21H2,1-4H3/t28-,30+/m0/s1. The highest BCUT2D eigenvalue weighted by molar-refractivity contribution is 6.33. The highest BCUT2D eigenvalue weighted by atomic mass is 35.5. The quantitative estimate of drug-likeness (QED) is 0.416. The van der Waals surface area contributed by atoms with E-state index in [-0.39, 0.29) is 12.6 Å². The van der Waals surface area contributed by atoms with Crippen LogP contribution in [0.25, 0.3) is 0 Å². The molecule has 192 valence electrons. The number of β-amino-alcohol motifs (C(OH)–C–C–N with tert-alkyl or cyclic N) is 1. The lowest BCUT2D eigenvalue weighted by Gasteiger charge is -2.45. The van der Waals surface area contributed by atoms with Crippen LogP contribution in [-0.4, -0.2) is 53.5 Å². The summed E-state index contributed by atoms with van der Waals surface area (Å²) >= 11 is 6.76. The van der Waals surface area contributed by atoms with Gasteiger partial charge >= 0.3 is 0 Å². The van der Waals surface area contributed by atoms with Crippen molar-refractivity contribution in [3.8, 4) is 5.75 Å². The molecule has 5 nitrogen and oxygen atoms in total. The summed E-state index contributed by atoms with van der Waals surface area (Å²) in [5, 5.41) is 21.9. The van der Waals surface area contributed by atoms with Gasteiger partial charge in [0.2, 0.25) is 0 Å². The Morgan fingerprint density at radius 1 is 0.944 bits per heavy atom. The second-order valence-corrected chi connectivity index (χ2v) is 11.1. The molecular weight excluding hydrogens is 472 g/mol. The van der Waals surface area contributed by atoms with Crippen LogP contribution in [0.1, 0.15) is 43.5 Å². The number of halogens is 1. The Morgan fingerprint density at radius 2 is 1.64 bits per heavy atom. The lowest BCUT2D eigenvalue weighted by atomic mass is 9.93. The molecule has 1 fully saturated rings. The van der Waals surface area contributed by atoms with Gasteiger partial charge in [0.1, 0.15) is 12.4 Å². The first-order valence-corrected chi connectivity index (χ1v) is 12.9. The van der Waals surface area contributed by atoms with Crippen LogP contribution in [0, 0.1) is 6.92 Å². The molecule has 1 aliphatic heterocycles. The van der Waals surface area contributed by atoms with Gasteiger partial charge in [0.05, 0.1) is 28.0 Å². The van der Waals surface area contributed by atoms with Gasteiger partial charge in [0.15, 0.2) is 0 Å². The number of hydrogen-bond donors (Lipinski definition) is 2. The van der Waals surface area contributed by atoms with Crippen molar-refractivity contribution in [1.82, 2.24) is 4.90 Å². The smallest absolute Gasteiger partial charge is 0.121 e. The fourth-order valence-electron chi connectivity index (χ4n) is 4.74. The van der Waals surface area contributed by atoms with E-state index in [1.54, 1.807) is 13.8 Å². The third-order valence-electron chi connectivity index (χ3n) is 6.67. The van der Waals surface area contributed by atoms with Gasteiger partial charge in [0, 0.05) is 32.2 Å². The van der Waals surface area contributed by atoms with Gasteiger partial charge in [0.25, 0.3) is 0 Å². The van der Waals surface area contributed by atoms with E-state index in [1.165, 1.54) is 11.1 Å². The molecule has 0 spiro atoms. The first-order chi connectivity index (χ1) is 17.0. The SMILES string of the molecule is Cc1ccc([C@](C)(O)CN2CCN(c3ccc(OCC(C)(C)O)cc3Cl)[C@H](c3ccccc3)C2)cc1. The van der Waals surface area contributed by atoms with E-state index >= 15 is 0 Å². The molecule has 6 heteroatoms. The maximum Gasteiger partial charge on any atom is 0.121 e. The Morgan fingerprint density at radius 3 is 2.28 bits per heavy atom. The number of ether oxygens (including phenoxy) is 1. The van der Waals surface area contributed by atoms with Gasteiger partial charge in [-0.1, -0.05) is 71.8 Å². The fourth-order valence-corrected chi connectivity index (χ4v) is 5.02. The molecule has 4 rings (SSSR count). The number of benzene rings is 3. The number of hydrogen-bond acceptors (Lipinski definition) is 5. The van der Waals surface area contributed by atoms with Crippen molar-refractivity contribution >= 4 is 17.3 Å². The van der Waals surface area contributed by atoms with Crippen molar-refractivity contribution in [3.05, 3.63) is 94.5 Å². The van der Waals surface area contributed by atoms with Gasteiger partial charge in [-0.3, -0.25) is 4.90 Å². The summed E-state index contributed by atoms with van der Waals surface area (Å²) in [6, 6.07) is 24.4. The summed E-state index contributed by atoms with van der Waals surface area (Å²) in [6.45, 7) is 10.4. The van der Waals surface area contributed by atoms with Crippen LogP contribution < -0.4 is 9.64 Å². The molecule has 0 bridgehead atoms. The predicted molar refractivity (Wildman–Crippen MR) is 147 cm³/mol. The van der Waals surface area contributed by atoms with E-state index in [2.05, 4.69) is 41.0 Å². The van der Waals surface area contributed by atoms with Gasteiger partial charge in [-0.25, -0.2) is 0 Å². The molecule has 0 amide bonds. The van der Waals surface area contributed by atoms with Crippen molar-refractivity contribution in [1.29, 1.82) is 0 Å². The Balaban J connectivity index is 1.55. The first-order valence-electron chi connectivity index (χ1n) is 12.5. The minimum absolute atomic E-state index is 0.0782. The average molecular weight is 509 g/mol. The van der Waals surface area contributed by atoms with E-state index in [1.807, 2.05) is 55.5 Å². The molecule has 0 aliphatic carbocycles. The van der Waals surface area contributed by atoms with Crippen LogP contribution in [0.5, 0.6) is 5.75 Å². The van der Waals surface area contributed by atoms with E-state index in [9.17, 15) is 10.2 Å². The van der Waals surface area contributed by atoms with Crippen molar-refractivity contribution in [2.75, 3.05) is 37.7 Å². The van der Waals surface area contributed by atoms with Gasteiger partial charge in [-0.2, -0.15) is 0 Å². The van der Waals surface area contributed by atoms with Crippen molar-refractivity contribution in [3.63, 3.8) is 0 Å². The van der Waals surface area contributed by atoms with Crippen molar-refractivity contribution < 1.29 is 14.9 Å². The fraction of sp³-hybridized carbons (Fsp3) is 0.400. The van der Waals surface area contributed by atoms with Crippen LogP contribution in [0.15, 0.2) is 72.8 Å². The first kappa shape index (κ1) is 26.5. The predicted octanol–water partition coefficient (Wildman–Crippen LogP) is 5.57. The summed E-state index contributed by atoms with van der Waals surface area (Å²) in [4.78, 5) is 4.68. The zero-order chi connectivity index (χ0) is 25.9. The minimum atomic E-state index is -0.950. The average Bonchev–Trinajstić information content (AvgIpc) is 2.83. The molecule has 2 atom stereocenters. The second kappa shape index (κ2) is 10.8. The third-order valence-corrected chi connectivity index (χ3v) is 6.98. The summed E-state index contributed by atoms with van der Waals surface area (Å²) in [5.41, 5.74) is 2.40. The lowest BCUT2D eigenvalue weighted by molar-refractivity contribution is 0.0103. The molecule has 0 unspecified atom stereocenters. The van der Waals surface area contributed by atoms with Crippen molar-refractivity contribution in [2.45, 2.75) is 44.9 Å². The Bertz CT molecular complexity index is 1140. The van der Waals surface area contributed by atoms with Gasteiger partial charge in [-0.05, 0) is 51.0 Å². The molecule has 0 radical (unpaired) electrons. The molecule has 1 aliphatic rings. The van der Waals surface area contributed by atoms with Crippen LogP contribution in [0.3, 0.4) is 0 Å². The van der Waals surface area contributed by atoms with Crippen LogP contribution >= 0.6 is 11.6 Å². The molecule has 1 heterocycles. The molecular formula is C30H37ClN2O3. The summed E-state index contributed by atoms with van der Waals surface area (Å²) < 4.78 is 5.74. The van der Waals surface area contributed by atoms with E-state index in [4.69, 9.17) is 16.3 Å². The van der Waals surface area contributed by atoms with E-state index in [0.29, 0.717) is 17.3 Å². The number of nitrogens with zero attached hydrogens (tertiary/aromatic N) is 2. The number of rotatable bonds is 8. The molecule has 1 saturated heterocycles. The summed E-state index contributed by atoms with van der Waals surface area (Å²) in [6.07, 6.45) is 0. The summed E-state index contributed by atoms with van der Waals surface area (Å²) in [5.74, 6) is 0.634. The number of piperazine rings is 1. The number of aryl methyl sites for hydroxylation is 1. The van der Waals surface area contributed by atoms with Gasteiger partial charge in [-0.15, -0.1) is 0 Å². The van der Waals surface area contributed by atoms with Crippen LogP contribution in [-0.2, 0) is 5.60 Å². The minimum Gasteiger partial charge on any atom is -0.491 e. The molecule has 3 aromatic rings. The molecule has 0 saturated carbocycles. The lowest BCUT2D eigenvalue weighted by Crippen LogP contribution is -2.52. The highest BCUT2D eigenvalue weighted by Gasteiger charge is 2.34. The Hall–Kier alpha value is -2.57. The zero-order valence-electron chi connectivity index (χ0n) is 21.6. The molecule has 36 heavy (non-hydrogen) atoms. The third kappa shape index (κ3) is 6.60. The van der Waals surface area contributed by atoms with Gasteiger partial charge < -0.3 is 19.8 Å². The van der Waals surface area contributed by atoms with Crippen LogP contribution in [0.2, 0.25) is 5.02 Å². The summed E-state index contributed by atoms with van der Waals surface area (Å²) in [7, 11) is 0. The largest absolute Gasteiger partial charge is 0.491 e. The maximum atomic E-state index is 11.3. The Kier molecular flexibility index (Phi) is 7.96.